The van der Waals surface area contributed by atoms with Crippen molar-refractivity contribution in [3.8, 4) is 0 Å². The Morgan fingerprint density at radius 1 is 1.22 bits per heavy atom. The van der Waals surface area contributed by atoms with Gasteiger partial charge >= 0.3 is 0 Å². The number of likely N-dealkylation sites (tertiary alicyclic amines) is 1. The second-order valence-corrected chi connectivity index (χ2v) is 6.92. The van der Waals surface area contributed by atoms with Crippen LogP contribution in [0.1, 0.15) is 53.9 Å². The van der Waals surface area contributed by atoms with Crippen LogP contribution in [0.2, 0.25) is 0 Å². The minimum absolute atomic E-state index is 0.307. The molecule has 0 saturated carbocycles. The maximum absolute atomic E-state index is 2.65. The average molecular weight is 254 g/mol. The lowest BCUT2D eigenvalue weighted by atomic mass is 9.89. The van der Waals surface area contributed by atoms with Gasteiger partial charge in [-0.05, 0) is 58.7 Å². The maximum Gasteiger partial charge on any atom is 0.0173 e. The van der Waals surface area contributed by atoms with Crippen molar-refractivity contribution in [1.82, 2.24) is 9.80 Å². The lowest BCUT2D eigenvalue weighted by Gasteiger charge is -2.41. The van der Waals surface area contributed by atoms with E-state index >= 15 is 0 Å². The van der Waals surface area contributed by atoms with Crippen LogP contribution in [-0.4, -0.2) is 48.6 Å². The first-order valence-electron chi connectivity index (χ1n) is 7.81. The van der Waals surface area contributed by atoms with Gasteiger partial charge in [0.25, 0.3) is 0 Å². The van der Waals surface area contributed by atoms with E-state index in [1.807, 2.05) is 0 Å². The van der Waals surface area contributed by atoms with Crippen molar-refractivity contribution in [3.63, 3.8) is 0 Å². The molecular weight excluding hydrogens is 220 g/mol. The van der Waals surface area contributed by atoms with Gasteiger partial charge in [0.1, 0.15) is 0 Å². The summed E-state index contributed by atoms with van der Waals surface area (Å²) in [5, 5.41) is 0. The van der Waals surface area contributed by atoms with E-state index in [1.54, 1.807) is 0 Å². The molecule has 0 atom stereocenters. The molecule has 0 unspecified atom stereocenters. The van der Waals surface area contributed by atoms with Gasteiger partial charge in [0, 0.05) is 18.6 Å². The molecule has 1 aliphatic heterocycles. The predicted molar refractivity (Wildman–Crippen MR) is 81.0 cm³/mol. The fourth-order valence-corrected chi connectivity index (χ4v) is 2.64. The minimum atomic E-state index is 0.307. The zero-order chi connectivity index (χ0) is 13.8. The van der Waals surface area contributed by atoms with Crippen molar-refractivity contribution in [2.45, 2.75) is 59.4 Å². The van der Waals surface area contributed by atoms with Crippen LogP contribution >= 0.6 is 0 Å². The topological polar surface area (TPSA) is 6.48 Å². The standard InChI is InChI=1S/C16H34N2/c1-7-15-8-10-18(11-9-15)13-12-17(6)16(4,5)14(2)3/h14-15H,7-13H2,1-6H3. The number of nitrogens with zero attached hydrogens (tertiary/aromatic N) is 2. The van der Waals surface area contributed by atoms with E-state index in [1.165, 1.54) is 45.4 Å². The van der Waals surface area contributed by atoms with E-state index in [0.29, 0.717) is 11.5 Å². The molecule has 1 saturated heterocycles. The highest BCUT2D eigenvalue weighted by Gasteiger charge is 2.27. The van der Waals surface area contributed by atoms with Gasteiger partial charge in [0.2, 0.25) is 0 Å². The first kappa shape index (κ1) is 16.0. The molecule has 1 fully saturated rings. The molecule has 1 heterocycles. The van der Waals surface area contributed by atoms with Crippen molar-refractivity contribution < 1.29 is 0 Å². The lowest BCUT2D eigenvalue weighted by molar-refractivity contribution is 0.0823. The van der Waals surface area contributed by atoms with Crippen molar-refractivity contribution in [2.75, 3.05) is 33.2 Å². The van der Waals surface area contributed by atoms with Crippen LogP contribution in [0.25, 0.3) is 0 Å². The van der Waals surface area contributed by atoms with Gasteiger partial charge in [0.15, 0.2) is 0 Å². The summed E-state index contributed by atoms with van der Waals surface area (Å²) in [5.41, 5.74) is 0.307. The van der Waals surface area contributed by atoms with Crippen LogP contribution < -0.4 is 0 Å². The third-order valence-electron chi connectivity index (χ3n) is 5.43. The SMILES string of the molecule is CCC1CCN(CCN(C)C(C)(C)C(C)C)CC1. The summed E-state index contributed by atoms with van der Waals surface area (Å²) in [7, 11) is 2.28. The molecular formula is C16H34N2. The maximum atomic E-state index is 2.65. The Morgan fingerprint density at radius 2 is 1.78 bits per heavy atom. The van der Waals surface area contributed by atoms with E-state index in [4.69, 9.17) is 0 Å². The van der Waals surface area contributed by atoms with E-state index in [0.717, 1.165) is 5.92 Å². The van der Waals surface area contributed by atoms with Gasteiger partial charge in [-0.15, -0.1) is 0 Å². The zero-order valence-corrected chi connectivity index (χ0v) is 13.5. The normalized spacial score (nSPS) is 20.0. The average Bonchev–Trinajstić information content (AvgIpc) is 2.36. The Morgan fingerprint density at radius 3 is 2.22 bits per heavy atom. The Hall–Kier alpha value is -0.0800. The second-order valence-electron chi connectivity index (χ2n) is 6.92. The van der Waals surface area contributed by atoms with Crippen LogP contribution in [0, 0.1) is 11.8 Å². The Balaban J connectivity index is 2.29. The van der Waals surface area contributed by atoms with Crippen molar-refractivity contribution >= 4 is 0 Å². The number of hydrogen-bond donors (Lipinski definition) is 0. The van der Waals surface area contributed by atoms with Gasteiger partial charge in [-0.3, -0.25) is 4.90 Å². The van der Waals surface area contributed by atoms with Gasteiger partial charge < -0.3 is 4.90 Å². The van der Waals surface area contributed by atoms with E-state index < -0.39 is 0 Å². The zero-order valence-electron chi connectivity index (χ0n) is 13.5. The first-order valence-corrected chi connectivity index (χ1v) is 7.81. The van der Waals surface area contributed by atoms with Gasteiger partial charge in [-0.25, -0.2) is 0 Å². The van der Waals surface area contributed by atoms with E-state index in [-0.39, 0.29) is 0 Å². The minimum Gasteiger partial charge on any atom is -0.302 e. The summed E-state index contributed by atoms with van der Waals surface area (Å²) in [5.74, 6) is 1.69. The molecule has 0 bridgehead atoms. The fraction of sp³-hybridized carbons (Fsp3) is 1.00. The van der Waals surface area contributed by atoms with Gasteiger partial charge in [-0.1, -0.05) is 27.2 Å². The summed E-state index contributed by atoms with van der Waals surface area (Å²) in [4.78, 5) is 5.18. The molecule has 0 radical (unpaired) electrons. The monoisotopic (exact) mass is 254 g/mol. The van der Waals surface area contributed by atoms with Crippen molar-refractivity contribution in [3.05, 3.63) is 0 Å². The van der Waals surface area contributed by atoms with E-state index in [2.05, 4.69) is 51.5 Å². The highest BCUT2D eigenvalue weighted by molar-refractivity contribution is 4.83. The molecule has 2 heteroatoms. The smallest absolute Gasteiger partial charge is 0.0173 e. The molecule has 0 aromatic carbocycles. The number of rotatable bonds is 6. The van der Waals surface area contributed by atoms with Crippen LogP contribution in [0.3, 0.4) is 0 Å². The van der Waals surface area contributed by atoms with Gasteiger partial charge in [-0.2, -0.15) is 0 Å². The molecule has 2 nitrogen and oxygen atoms in total. The molecule has 0 spiro atoms. The largest absolute Gasteiger partial charge is 0.302 e. The molecule has 0 aromatic heterocycles. The third kappa shape index (κ3) is 4.24. The molecule has 1 rings (SSSR count). The lowest BCUT2D eigenvalue weighted by Crippen LogP contribution is -2.49. The highest BCUT2D eigenvalue weighted by atomic mass is 15.2. The summed E-state index contributed by atoms with van der Waals surface area (Å²) in [6.45, 7) is 16.8. The molecule has 18 heavy (non-hydrogen) atoms. The van der Waals surface area contributed by atoms with Crippen LogP contribution in [0.15, 0.2) is 0 Å². The van der Waals surface area contributed by atoms with Gasteiger partial charge in [0.05, 0.1) is 0 Å². The van der Waals surface area contributed by atoms with Crippen LogP contribution in [-0.2, 0) is 0 Å². The summed E-state index contributed by atoms with van der Waals surface area (Å²) in [6.07, 6.45) is 4.19. The first-order chi connectivity index (χ1) is 8.37. The van der Waals surface area contributed by atoms with Crippen molar-refractivity contribution in [2.24, 2.45) is 11.8 Å². The third-order valence-corrected chi connectivity index (χ3v) is 5.43. The molecule has 0 aliphatic carbocycles. The summed E-state index contributed by atoms with van der Waals surface area (Å²) in [6, 6.07) is 0. The fourth-order valence-electron chi connectivity index (χ4n) is 2.64. The quantitative estimate of drug-likeness (QED) is 0.716. The van der Waals surface area contributed by atoms with Crippen LogP contribution in [0.4, 0.5) is 0 Å². The molecule has 0 aromatic rings. The number of likely N-dealkylation sites (N-methyl/N-ethyl adjacent to an activating group) is 1. The predicted octanol–water partition coefficient (Wildman–Crippen LogP) is 3.47. The second kappa shape index (κ2) is 6.91. The van der Waals surface area contributed by atoms with Crippen molar-refractivity contribution in [1.29, 1.82) is 0 Å². The number of piperidine rings is 1. The molecule has 0 N–H and O–H groups in total. The highest BCUT2D eigenvalue weighted by Crippen LogP contribution is 2.23. The number of hydrogen-bond acceptors (Lipinski definition) is 2. The summed E-state index contributed by atoms with van der Waals surface area (Å²) < 4.78 is 0. The Kier molecular flexibility index (Phi) is 6.13. The van der Waals surface area contributed by atoms with Crippen LogP contribution in [0.5, 0.6) is 0 Å². The Bertz CT molecular complexity index is 227. The summed E-state index contributed by atoms with van der Waals surface area (Å²) >= 11 is 0. The molecule has 108 valence electrons. The molecule has 1 aliphatic rings. The van der Waals surface area contributed by atoms with E-state index in [9.17, 15) is 0 Å². The molecule has 0 amide bonds. The Labute approximate surface area is 115 Å².